The fraction of sp³-hybridized carbons (Fsp3) is 0.310. The maximum atomic E-state index is 14.6. The number of para-hydroxylation sites is 1. The van der Waals surface area contributed by atoms with Crippen molar-refractivity contribution in [2.75, 3.05) is 54.7 Å². The number of carbonyl (C=O) groups is 11. The fourth-order valence-electron chi connectivity index (χ4n) is 10.7. The largest absolute Gasteiger partial charge is 0.469 e. The van der Waals surface area contributed by atoms with Gasteiger partial charge in [0.05, 0.1) is 66.1 Å². The molecule has 7 aromatic rings. The number of aliphatic hydroxyl groups excluding tert-OH is 2. The van der Waals surface area contributed by atoms with Crippen molar-refractivity contribution in [3.05, 3.63) is 203 Å². The average molecular weight is 1360 g/mol. The first kappa shape index (κ1) is 76.7. The van der Waals surface area contributed by atoms with Gasteiger partial charge in [-0.2, -0.15) is 0 Å². The molecule has 524 valence electrons. The summed E-state index contributed by atoms with van der Waals surface area (Å²) in [7, 11) is 4.65. The lowest BCUT2D eigenvalue weighted by Gasteiger charge is -2.37. The van der Waals surface area contributed by atoms with E-state index in [1.807, 2.05) is 164 Å². The van der Waals surface area contributed by atoms with Crippen molar-refractivity contribution >= 4 is 76.3 Å². The molecule has 28 heteroatoms. The fourth-order valence-corrected chi connectivity index (χ4v) is 10.7. The molecule has 7 atom stereocenters. The van der Waals surface area contributed by atoms with Gasteiger partial charge in [0.15, 0.2) is 0 Å². The van der Waals surface area contributed by atoms with Gasteiger partial charge in [0.1, 0.15) is 49.4 Å². The van der Waals surface area contributed by atoms with Crippen LogP contribution >= 0.6 is 0 Å². The van der Waals surface area contributed by atoms with Gasteiger partial charge in [-0.15, -0.1) is 0 Å². The molecule has 7 unspecified atom stereocenters. The Morgan fingerprint density at radius 1 is 0.505 bits per heavy atom. The summed E-state index contributed by atoms with van der Waals surface area (Å²) in [6.07, 6.45) is -3.24. The summed E-state index contributed by atoms with van der Waals surface area (Å²) < 4.78 is 23.3. The second-order valence-corrected chi connectivity index (χ2v) is 22.5. The smallest absolute Gasteiger partial charge is 0.407 e. The summed E-state index contributed by atoms with van der Waals surface area (Å²) in [5.41, 5.74) is 17.9. The Hall–Kier alpha value is -11.3. The van der Waals surface area contributed by atoms with Crippen molar-refractivity contribution in [3.8, 4) is 11.1 Å². The summed E-state index contributed by atoms with van der Waals surface area (Å²) >= 11 is 0. The normalized spacial score (nSPS) is 13.4. The zero-order valence-electron chi connectivity index (χ0n) is 55.3. The SMILES string of the molecule is COC(=O)CN.COC(=O)CNC(=O)C(NC(=O)C(CC(=O)OC)NC(=O)C(CC(=O)NC(c1ccccc1)(c1ccccc1)c1ccccc1)NC(=O)C(N)Cc1c[nH]c2ccccc12)C(C)O.COC(=O)CNC(=O)C(NC(=O)OCC1c2ccccc2-c2ccccc21)C(C)O. The van der Waals surface area contributed by atoms with E-state index in [0.717, 1.165) is 52.9 Å². The number of amides is 7. The number of hydrogen-bond acceptors (Lipinski definition) is 20. The Bertz CT molecular complexity index is 3760. The van der Waals surface area contributed by atoms with Gasteiger partial charge < -0.3 is 87.6 Å². The summed E-state index contributed by atoms with van der Waals surface area (Å²) in [5.74, 6) is -8.30. The van der Waals surface area contributed by atoms with Crippen LogP contribution in [0.4, 0.5) is 4.79 Å². The summed E-state index contributed by atoms with van der Waals surface area (Å²) in [5, 5.41) is 38.4. The number of hydrogen-bond donors (Lipinski definition) is 12. The number of methoxy groups -OCH3 is 4. The number of H-pyrrole nitrogens is 1. The molecule has 8 rings (SSSR count). The number of carbonyl (C=O) groups excluding carboxylic acids is 11. The van der Waals surface area contributed by atoms with Gasteiger partial charge in [0.25, 0.3) is 0 Å². The molecule has 0 radical (unpaired) electrons. The molecule has 0 bridgehead atoms. The number of aliphatic hydroxyl groups is 2. The van der Waals surface area contributed by atoms with E-state index in [-0.39, 0.29) is 38.0 Å². The Labute approximate surface area is 570 Å². The first-order chi connectivity index (χ1) is 47.5. The lowest BCUT2D eigenvalue weighted by atomic mass is 9.77. The first-order valence-corrected chi connectivity index (χ1v) is 31.2. The van der Waals surface area contributed by atoms with Gasteiger partial charge in [-0.3, -0.25) is 47.9 Å². The third-order valence-corrected chi connectivity index (χ3v) is 15.8. The number of ether oxygens (including phenoxy) is 5. The third-order valence-electron chi connectivity index (χ3n) is 15.8. The Balaban J connectivity index is 0.000000353. The minimum atomic E-state index is -1.76. The molecule has 6 aromatic carbocycles. The van der Waals surface area contributed by atoms with Crippen LogP contribution in [0.2, 0.25) is 0 Å². The van der Waals surface area contributed by atoms with Crippen LogP contribution in [0.25, 0.3) is 22.0 Å². The van der Waals surface area contributed by atoms with E-state index < -0.39 is 127 Å². The molecule has 99 heavy (non-hydrogen) atoms. The molecule has 28 nitrogen and oxygen atoms in total. The average Bonchev–Trinajstić information content (AvgIpc) is 1.73. The number of fused-ring (bicyclic) bond motifs is 4. The lowest BCUT2D eigenvalue weighted by Crippen LogP contribution is -2.60. The highest BCUT2D eigenvalue weighted by Gasteiger charge is 2.41. The minimum absolute atomic E-state index is 0.0312. The van der Waals surface area contributed by atoms with Crippen LogP contribution in [-0.4, -0.2) is 178 Å². The Kier molecular flexibility index (Phi) is 29.3. The monoisotopic (exact) mass is 1360 g/mol. The Morgan fingerprint density at radius 2 is 0.929 bits per heavy atom. The highest BCUT2D eigenvalue weighted by atomic mass is 16.6. The maximum Gasteiger partial charge on any atom is 0.407 e. The van der Waals surface area contributed by atoms with Crippen LogP contribution in [0.3, 0.4) is 0 Å². The van der Waals surface area contributed by atoms with Gasteiger partial charge in [-0.05, 0) is 70.8 Å². The summed E-state index contributed by atoms with van der Waals surface area (Å²) in [4.78, 5) is 142. The third kappa shape index (κ3) is 21.3. The van der Waals surface area contributed by atoms with Gasteiger partial charge in [0, 0.05) is 23.0 Å². The number of esters is 4. The van der Waals surface area contributed by atoms with Gasteiger partial charge in [-0.1, -0.05) is 158 Å². The van der Waals surface area contributed by atoms with E-state index in [2.05, 4.69) is 56.4 Å². The van der Waals surface area contributed by atoms with Crippen LogP contribution < -0.4 is 48.7 Å². The van der Waals surface area contributed by atoms with Crippen LogP contribution in [0.5, 0.6) is 0 Å². The summed E-state index contributed by atoms with van der Waals surface area (Å²) in [6.45, 7) is 1.65. The standard InChI is InChI=1S/C46H51N7O10.C22H24N2O6.C3H7NO2/c1-28(54)41(45(61)49-27-40(57)63-3)52-44(60)37(25-39(56)62-2)51-43(59)36(50-42(58)34(47)23-29-26-48-35-22-14-13-21-33(29)35)24-38(55)53-46(30-15-7-4-8-16-30,31-17-9-5-10-18-31)32-19-11-6-12-20-32;1-13(25)20(21(27)23-11-19(26)29-2)24-22(28)30-12-18-16-9-5-3-7-14(16)15-8-4-6-10-17(15)18;1-6-3(5)2-4/h4-22,26,28,34,36-37,41,48,54H,23-25,27,47H2,1-3H3,(H,49,61)(H,50,58)(H,51,59)(H,52,60)(H,53,55);3-10,13,18,20,25H,11-12H2,1-2H3,(H,23,27)(H,24,28);2,4H2,1H3. The van der Waals surface area contributed by atoms with Crippen LogP contribution in [-0.2, 0) is 83.6 Å². The van der Waals surface area contributed by atoms with Crippen molar-refractivity contribution in [2.45, 2.75) is 87.0 Å². The minimum Gasteiger partial charge on any atom is -0.469 e. The molecule has 14 N–H and O–H groups in total. The van der Waals surface area contributed by atoms with Crippen LogP contribution in [0, 0.1) is 0 Å². The number of aromatic nitrogens is 1. The van der Waals surface area contributed by atoms with E-state index in [4.69, 9.17) is 20.9 Å². The van der Waals surface area contributed by atoms with Crippen LogP contribution in [0.15, 0.2) is 170 Å². The van der Waals surface area contributed by atoms with Crippen molar-refractivity contribution in [1.29, 1.82) is 0 Å². The van der Waals surface area contributed by atoms with E-state index in [9.17, 15) is 63.0 Å². The van der Waals surface area contributed by atoms with Gasteiger partial charge >= 0.3 is 30.0 Å². The van der Waals surface area contributed by atoms with Crippen molar-refractivity contribution < 1.29 is 86.6 Å². The molecular weight excluding hydrogens is 1280 g/mol. The molecule has 0 fully saturated rings. The van der Waals surface area contributed by atoms with E-state index in [1.165, 1.54) is 28.1 Å². The molecule has 1 aromatic heterocycles. The van der Waals surface area contributed by atoms with Crippen LogP contribution in [0.1, 0.15) is 66.0 Å². The Morgan fingerprint density at radius 3 is 1.39 bits per heavy atom. The van der Waals surface area contributed by atoms with Gasteiger partial charge in [-0.25, -0.2) is 4.79 Å². The topological polar surface area (TPSA) is 426 Å². The molecule has 7 amide bonds. The van der Waals surface area contributed by atoms with Gasteiger partial charge in [0.2, 0.25) is 35.4 Å². The lowest BCUT2D eigenvalue weighted by molar-refractivity contribution is -0.145. The highest BCUT2D eigenvalue weighted by molar-refractivity contribution is 5.99. The number of aromatic amines is 1. The molecule has 1 heterocycles. The first-order valence-electron chi connectivity index (χ1n) is 31.2. The molecule has 1 aliphatic carbocycles. The van der Waals surface area contributed by atoms with Crippen molar-refractivity contribution in [1.82, 2.24) is 42.2 Å². The van der Waals surface area contributed by atoms with E-state index in [1.54, 1.807) is 6.20 Å². The molecule has 0 saturated carbocycles. The highest BCUT2D eigenvalue weighted by Crippen LogP contribution is 2.44. The number of nitrogens with one attached hydrogen (secondary N) is 8. The van der Waals surface area contributed by atoms with E-state index in [0.29, 0.717) is 16.7 Å². The molecular formula is C71H82N10O18. The van der Waals surface area contributed by atoms with Crippen molar-refractivity contribution in [3.63, 3.8) is 0 Å². The predicted octanol–water partition coefficient (Wildman–Crippen LogP) is 1.91. The number of alkyl carbamates (subject to hydrolysis) is 1. The second-order valence-electron chi connectivity index (χ2n) is 22.5. The maximum absolute atomic E-state index is 14.6. The zero-order valence-corrected chi connectivity index (χ0v) is 55.3. The number of benzene rings is 6. The molecule has 1 aliphatic rings. The second kappa shape index (κ2) is 37.8. The summed E-state index contributed by atoms with van der Waals surface area (Å²) in [6, 6.07) is 43.2. The quantitative estimate of drug-likeness (QED) is 0.0189. The molecule has 0 saturated heterocycles. The number of nitrogens with two attached hydrogens (primary N) is 2. The molecule has 0 spiro atoms. The van der Waals surface area contributed by atoms with Crippen molar-refractivity contribution in [2.24, 2.45) is 11.5 Å². The molecule has 0 aliphatic heterocycles. The number of rotatable bonds is 28. The van der Waals surface area contributed by atoms with E-state index >= 15 is 0 Å². The zero-order chi connectivity index (χ0) is 72.2. The predicted molar refractivity (Wildman–Crippen MR) is 361 cm³/mol.